The van der Waals surface area contributed by atoms with Crippen molar-refractivity contribution in [3.05, 3.63) is 34.3 Å². The van der Waals surface area contributed by atoms with Gasteiger partial charge >= 0.3 is 6.03 Å². The molecule has 0 aliphatic heterocycles. The highest BCUT2D eigenvalue weighted by Gasteiger charge is 2.13. The number of benzene rings is 1. The van der Waals surface area contributed by atoms with Gasteiger partial charge in [-0.05, 0) is 36.5 Å². The molecule has 1 aromatic rings. The van der Waals surface area contributed by atoms with Crippen LogP contribution in [0.1, 0.15) is 37.7 Å². The van der Waals surface area contributed by atoms with Crippen molar-refractivity contribution in [1.29, 1.82) is 0 Å². The van der Waals surface area contributed by atoms with Crippen molar-refractivity contribution in [2.75, 3.05) is 6.54 Å². The van der Waals surface area contributed by atoms with Gasteiger partial charge in [0.05, 0.1) is 0 Å². The van der Waals surface area contributed by atoms with Crippen LogP contribution in [0.3, 0.4) is 0 Å². The first-order valence-corrected chi connectivity index (χ1v) is 7.79. The Morgan fingerprint density at radius 3 is 2.74 bits per heavy atom. The Morgan fingerprint density at radius 2 is 2.00 bits per heavy atom. The summed E-state index contributed by atoms with van der Waals surface area (Å²) in [5.74, 6) is 0.672. The molecule has 1 fully saturated rings. The van der Waals surface area contributed by atoms with E-state index in [1.165, 1.54) is 32.1 Å². The molecule has 0 aromatic heterocycles. The Morgan fingerprint density at radius 1 is 1.21 bits per heavy atom. The molecule has 1 aliphatic carbocycles. The molecule has 0 atom stereocenters. The predicted octanol–water partition coefficient (Wildman–Crippen LogP) is 3.83. The van der Waals surface area contributed by atoms with Crippen LogP contribution in [0.4, 0.5) is 4.79 Å². The number of halogens is 1. The van der Waals surface area contributed by atoms with Gasteiger partial charge in [-0.3, -0.25) is 0 Å². The van der Waals surface area contributed by atoms with Crippen LogP contribution in [0.15, 0.2) is 28.7 Å². The molecule has 104 valence electrons. The SMILES string of the molecule is O=C(NCc1cccc(Br)c1)NCC1CCCCC1. The topological polar surface area (TPSA) is 41.1 Å². The van der Waals surface area contributed by atoms with Crippen molar-refractivity contribution in [3.63, 3.8) is 0 Å². The van der Waals surface area contributed by atoms with Crippen LogP contribution in [-0.4, -0.2) is 12.6 Å². The fourth-order valence-corrected chi connectivity index (χ4v) is 2.97. The summed E-state index contributed by atoms with van der Waals surface area (Å²) in [7, 11) is 0. The van der Waals surface area contributed by atoms with Gasteiger partial charge in [-0.15, -0.1) is 0 Å². The lowest BCUT2D eigenvalue weighted by Crippen LogP contribution is -2.38. The molecule has 1 aliphatic rings. The molecule has 2 rings (SSSR count). The van der Waals surface area contributed by atoms with Crippen molar-refractivity contribution in [2.45, 2.75) is 38.6 Å². The van der Waals surface area contributed by atoms with Crippen LogP contribution in [-0.2, 0) is 6.54 Å². The minimum atomic E-state index is -0.0643. The molecule has 1 aromatic carbocycles. The fourth-order valence-electron chi connectivity index (χ4n) is 2.52. The first kappa shape index (κ1) is 14.4. The normalized spacial score (nSPS) is 16.1. The van der Waals surface area contributed by atoms with Crippen LogP contribution in [0.2, 0.25) is 0 Å². The van der Waals surface area contributed by atoms with Crippen molar-refractivity contribution in [1.82, 2.24) is 10.6 Å². The molecule has 0 bridgehead atoms. The molecule has 0 unspecified atom stereocenters. The summed E-state index contributed by atoms with van der Waals surface area (Å²) in [6.45, 7) is 1.38. The van der Waals surface area contributed by atoms with Crippen LogP contribution < -0.4 is 10.6 Å². The molecule has 2 amide bonds. The summed E-state index contributed by atoms with van der Waals surface area (Å²) in [6, 6.07) is 7.91. The van der Waals surface area contributed by atoms with Crippen molar-refractivity contribution < 1.29 is 4.79 Å². The second-order valence-corrected chi connectivity index (χ2v) is 6.11. The Bertz CT molecular complexity index is 416. The number of hydrogen-bond donors (Lipinski definition) is 2. The number of nitrogens with one attached hydrogen (secondary N) is 2. The Hall–Kier alpha value is -1.03. The van der Waals surface area contributed by atoms with Crippen molar-refractivity contribution in [3.8, 4) is 0 Å². The highest BCUT2D eigenvalue weighted by atomic mass is 79.9. The standard InChI is InChI=1S/C15H21BrN2O/c16-14-8-4-7-13(9-14)11-18-15(19)17-10-12-5-2-1-3-6-12/h4,7-9,12H,1-3,5-6,10-11H2,(H2,17,18,19). The first-order chi connectivity index (χ1) is 9.24. The van der Waals surface area contributed by atoms with Crippen LogP contribution in [0, 0.1) is 5.92 Å². The summed E-state index contributed by atoms with van der Waals surface area (Å²) in [5, 5.41) is 5.87. The van der Waals surface area contributed by atoms with E-state index in [4.69, 9.17) is 0 Å². The lowest BCUT2D eigenvalue weighted by Gasteiger charge is -2.21. The fraction of sp³-hybridized carbons (Fsp3) is 0.533. The predicted molar refractivity (Wildman–Crippen MR) is 81.0 cm³/mol. The van der Waals surface area contributed by atoms with Gasteiger partial charge in [-0.2, -0.15) is 0 Å². The maximum atomic E-state index is 11.7. The number of rotatable bonds is 4. The minimum absolute atomic E-state index is 0.0643. The quantitative estimate of drug-likeness (QED) is 0.868. The average Bonchev–Trinajstić information content (AvgIpc) is 2.44. The number of carbonyl (C=O) groups excluding carboxylic acids is 1. The zero-order chi connectivity index (χ0) is 13.5. The van der Waals surface area contributed by atoms with Gasteiger partial charge in [-0.25, -0.2) is 4.79 Å². The second kappa shape index (κ2) is 7.53. The lowest BCUT2D eigenvalue weighted by atomic mass is 9.89. The van der Waals surface area contributed by atoms with Gasteiger partial charge in [0, 0.05) is 17.6 Å². The molecule has 0 heterocycles. The molecular formula is C15H21BrN2O. The van der Waals surface area contributed by atoms with E-state index < -0.39 is 0 Å². The number of urea groups is 1. The Labute approximate surface area is 123 Å². The number of carbonyl (C=O) groups is 1. The first-order valence-electron chi connectivity index (χ1n) is 7.00. The largest absolute Gasteiger partial charge is 0.338 e. The molecule has 19 heavy (non-hydrogen) atoms. The van der Waals surface area contributed by atoms with Crippen LogP contribution >= 0.6 is 15.9 Å². The van der Waals surface area contributed by atoms with Gasteiger partial charge in [-0.1, -0.05) is 47.3 Å². The van der Waals surface area contributed by atoms with Crippen LogP contribution in [0.25, 0.3) is 0 Å². The van der Waals surface area contributed by atoms with Gasteiger partial charge in [0.1, 0.15) is 0 Å². The monoisotopic (exact) mass is 324 g/mol. The average molecular weight is 325 g/mol. The molecule has 4 heteroatoms. The molecular weight excluding hydrogens is 304 g/mol. The third-order valence-electron chi connectivity index (χ3n) is 3.62. The smallest absolute Gasteiger partial charge is 0.315 e. The Kier molecular flexibility index (Phi) is 5.70. The van der Waals surface area contributed by atoms with E-state index in [0.717, 1.165) is 16.6 Å². The third kappa shape index (κ3) is 5.23. The minimum Gasteiger partial charge on any atom is -0.338 e. The highest BCUT2D eigenvalue weighted by molar-refractivity contribution is 9.10. The second-order valence-electron chi connectivity index (χ2n) is 5.20. The summed E-state index contributed by atoms with van der Waals surface area (Å²) < 4.78 is 1.04. The molecule has 0 saturated heterocycles. The molecule has 1 saturated carbocycles. The van der Waals surface area contributed by atoms with Crippen LogP contribution in [0.5, 0.6) is 0 Å². The molecule has 0 spiro atoms. The van der Waals surface area contributed by atoms with E-state index in [1.807, 2.05) is 24.3 Å². The van der Waals surface area contributed by atoms with E-state index in [2.05, 4.69) is 26.6 Å². The summed E-state index contributed by atoms with van der Waals surface area (Å²) in [4.78, 5) is 11.7. The molecule has 3 nitrogen and oxygen atoms in total. The summed E-state index contributed by atoms with van der Waals surface area (Å²) >= 11 is 3.42. The zero-order valence-corrected chi connectivity index (χ0v) is 12.7. The summed E-state index contributed by atoms with van der Waals surface area (Å²) in [5.41, 5.74) is 1.10. The number of hydrogen-bond acceptors (Lipinski definition) is 1. The van der Waals surface area contributed by atoms with Crippen molar-refractivity contribution >= 4 is 22.0 Å². The van der Waals surface area contributed by atoms with Gasteiger partial charge < -0.3 is 10.6 Å². The van der Waals surface area contributed by atoms with Crippen molar-refractivity contribution in [2.24, 2.45) is 5.92 Å². The van der Waals surface area contributed by atoms with Gasteiger partial charge in [0.25, 0.3) is 0 Å². The highest BCUT2D eigenvalue weighted by Crippen LogP contribution is 2.22. The zero-order valence-electron chi connectivity index (χ0n) is 11.1. The van der Waals surface area contributed by atoms with E-state index >= 15 is 0 Å². The number of amides is 2. The van der Waals surface area contributed by atoms with E-state index in [0.29, 0.717) is 12.5 Å². The van der Waals surface area contributed by atoms with E-state index in [-0.39, 0.29) is 6.03 Å². The Balaban J connectivity index is 1.66. The maximum Gasteiger partial charge on any atom is 0.315 e. The lowest BCUT2D eigenvalue weighted by molar-refractivity contribution is 0.236. The van der Waals surface area contributed by atoms with Gasteiger partial charge in [0.2, 0.25) is 0 Å². The van der Waals surface area contributed by atoms with Gasteiger partial charge in [0.15, 0.2) is 0 Å². The maximum absolute atomic E-state index is 11.7. The molecule has 0 radical (unpaired) electrons. The van der Waals surface area contributed by atoms with E-state index in [9.17, 15) is 4.79 Å². The molecule has 2 N–H and O–H groups in total. The third-order valence-corrected chi connectivity index (χ3v) is 4.11. The summed E-state index contributed by atoms with van der Waals surface area (Å²) in [6.07, 6.45) is 6.49. The van der Waals surface area contributed by atoms with E-state index in [1.54, 1.807) is 0 Å².